The van der Waals surface area contributed by atoms with Crippen LogP contribution in [0.3, 0.4) is 0 Å². The summed E-state index contributed by atoms with van der Waals surface area (Å²) in [7, 11) is 0. The highest BCUT2D eigenvalue weighted by atomic mass is 16.5. The summed E-state index contributed by atoms with van der Waals surface area (Å²) in [6.45, 7) is 3.23. The van der Waals surface area contributed by atoms with E-state index in [1.54, 1.807) is 0 Å². The second-order valence-corrected chi connectivity index (χ2v) is 3.15. The minimum Gasteiger partial charge on any atom is -0.381 e. The maximum atomic E-state index is 11.2. The number of nitrogens with one attached hydrogen (secondary N) is 1. The molecule has 0 saturated carbocycles. The molecule has 0 bridgehead atoms. The quantitative estimate of drug-likeness (QED) is 0.315. The summed E-state index contributed by atoms with van der Waals surface area (Å²) in [6.07, 6.45) is 1.52. The van der Waals surface area contributed by atoms with E-state index in [2.05, 4.69) is 5.43 Å². The molecular weight excluding hydrogens is 144 g/mol. The summed E-state index contributed by atoms with van der Waals surface area (Å²) in [5.41, 5.74) is 1.87. The molecule has 0 aromatic rings. The van der Waals surface area contributed by atoms with Gasteiger partial charge in [0, 0.05) is 13.2 Å². The Bertz CT molecular complexity index is 153. The van der Waals surface area contributed by atoms with Crippen LogP contribution in [0.1, 0.15) is 19.8 Å². The predicted molar refractivity (Wildman–Crippen MR) is 40.5 cm³/mol. The topological polar surface area (TPSA) is 64.4 Å². The maximum absolute atomic E-state index is 11.2. The van der Waals surface area contributed by atoms with Crippen molar-refractivity contribution < 1.29 is 9.53 Å². The Kier molecular flexibility index (Phi) is 2.46. The van der Waals surface area contributed by atoms with Gasteiger partial charge in [-0.2, -0.15) is 0 Å². The van der Waals surface area contributed by atoms with Gasteiger partial charge in [-0.1, -0.05) is 6.92 Å². The van der Waals surface area contributed by atoms with Gasteiger partial charge in [0.1, 0.15) is 0 Å². The average Bonchev–Trinajstić information content (AvgIpc) is 2.04. The van der Waals surface area contributed by atoms with Crippen LogP contribution >= 0.6 is 0 Å². The van der Waals surface area contributed by atoms with Crippen molar-refractivity contribution in [3.8, 4) is 0 Å². The van der Waals surface area contributed by atoms with Crippen molar-refractivity contribution in [2.24, 2.45) is 11.3 Å². The van der Waals surface area contributed by atoms with Crippen LogP contribution in [-0.4, -0.2) is 19.1 Å². The van der Waals surface area contributed by atoms with E-state index in [1.807, 2.05) is 6.92 Å². The molecule has 1 aliphatic heterocycles. The average molecular weight is 158 g/mol. The highest BCUT2D eigenvalue weighted by Crippen LogP contribution is 2.29. The number of ether oxygens (including phenoxy) is 1. The number of hydrazine groups is 1. The molecule has 0 unspecified atom stereocenters. The third-order valence-corrected chi connectivity index (χ3v) is 2.28. The van der Waals surface area contributed by atoms with E-state index in [-0.39, 0.29) is 11.3 Å². The van der Waals surface area contributed by atoms with Crippen molar-refractivity contribution in [2.45, 2.75) is 19.8 Å². The molecule has 0 spiro atoms. The lowest BCUT2D eigenvalue weighted by Crippen LogP contribution is -2.45. The fraction of sp³-hybridized carbons (Fsp3) is 0.857. The van der Waals surface area contributed by atoms with Crippen molar-refractivity contribution >= 4 is 5.91 Å². The van der Waals surface area contributed by atoms with E-state index < -0.39 is 0 Å². The Hall–Kier alpha value is -0.610. The van der Waals surface area contributed by atoms with Crippen molar-refractivity contribution in [1.82, 2.24) is 5.43 Å². The van der Waals surface area contributed by atoms with Gasteiger partial charge in [-0.3, -0.25) is 10.2 Å². The van der Waals surface area contributed by atoms with Crippen LogP contribution in [0.25, 0.3) is 0 Å². The monoisotopic (exact) mass is 158 g/mol. The lowest BCUT2D eigenvalue weighted by atomic mass is 9.82. The van der Waals surface area contributed by atoms with E-state index in [4.69, 9.17) is 10.6 Å². The molecule has 1 heterocycles. The highest BCUT2D eigenvalue weighted by Gasteiger charge is 2.34. The van der Waals surface area contributed by atoms with Crippen molar-refractivity contribution in [2.75, 3.05) is 13.2 Å². The molecule has 3 N–H and O–H groups in total. The summed E-state index contributed by atoms with van der Waals surface area (Å²) in [5.74, 6) is 4.97. The first-order valence-electron chi connectivity index (χ1n) is 3.78. The Labute approximate surface area is 66.1 Å². The molecule has 1 amide bonds. The van der Waals surface area contributed by atoms with E-state index in [9.17, 15) is 4.79 Å². The third kappa shape index (κ3) is 1.70. The van der Waals surface area contributed by atoms with Gasteiger partial charge in [-0.05, 0) is 12.8 Å². The van der Waals surface area contributed by atoms with E-state index in [0.29, 0.717) is 13.2 Å². The van der Waals surface area contributed by atoms with Gasteiger partial charge >= 0.3 is 0 Å². The zero-order chi connectivity index (χ0) is 8.32. The molecule has 11 heavy (non-hydrogen) atoms. The van der Waals surface area contributed by atoms with Gasteiger partial charge in [-0.15, -0.1) is 0 Å². The smallest absolute Gasteiger partial charge is 0.239 e. The van der Waals surface area contributed by atoms with Gasteiger partial charge in [0.05, 0.1) is 5.41 Å². The molecule has 0 atom stereocenters. The fourth-order valence-electron chi connectivity index (χ4n) is 1.22. The second kappa shape index (κ2) is 3.19. The molecule has 0 aromatic heterocycles. The molecule has 1 fully saturated rings. The molecule has 64 valence electrons. The number of hydrogen-bond donors (Lipinski definition) is 2. The summed E-state index contributed by atoms with van der Waals surface area (Å²) < 4.78 is 5.14. The largest absolute Gasteiger partial charge is 0.381 e. The third-order valence-electron chi connectivity index (χ3n) is 2.28. The van der Waals surface area contributed by atoms with E-state index in [1.165, 1.54) is 0 Å². The molecule has 1 rings (SSSR count). The number of nitrogens with two attached hydrogens (primary N) is 1. The van der Waals surface area contributed by atoms with E-state index >= 15 is 0 Å². The zero-order valence-electron chi connectivity index (χ0n) is 6.72. The van der Waals surface area contributed by atoms with Gasteiger partial charge in [0.25, 0.3) is 0 Å². The Morgan fingerprint density at radius 2 is 2.09 bits per heavy atom. The number of rotatable bonds is 1. The van der Waals surface area contributed by atoms with Gasteiger partial charge < -0.3 is 4.74 Å². The maximum Gasteiger partial charge on any atom is 0.239 e. The normalized spacial score (nSPS) is 22.7. The molecule has 4 heteroatoms. The second-order valence-electron chi connectivity index (χ2n) is 3.15. The van der Waals surface area contributed by atoms with Gasteiger partial charge in [0.2, 0.25) is 5.91 Å². The van der Waals surface area contributed by atoms with Crippen molar-refractivity contribution in [3.05, 3.63) is 0 Å². The number of amides is 1. The molecular formula is C7H14N2O2. The number of carbonyl (C=O) groups is 1. The lowest BCUT2D eigenvalue weighted by Gasteiger charge is -2.30. The minimum atomic E-state index is -0.312. The minimum absolute atomic E-state index is 0.0826. The molecule has 4 nitrogen and oxygen atoms in total. The zero-order valence-corrected chi connectivity index (χ0v) is 6.72. The van der Waals surface area contributed by atoms with Gasteiger partial charge in [-0.25, -0.2) is 5.84 Å². The first-order valence-corrected chi connectivity index (χ1v) is 3.78. The standard InChI is InChI=1S/C7H14N2O2/c1-7(6(10)9-8)2-4-11-5-3-7/h2-5,8H2,1H3,(H,9,10). The lowest BCUT2D eigenvalue weighted by molar-refractivity contribution is -0.135. The summed E-state index contributed by atoms with van der Waals surface area (Å²) in [6, 6.07) is 0. The highest BCUT2D eigenvalue weighted by molar-refractivity contribution is 5.81. The molecule has 0 aliphatic carbocycles. The van der Waals surface area contributed by atoms with Crippen LogP contribution in [0.5, 0.6) is 0 Å². The molecule has 1 aliphatic rings. The first-order chi connectivity index (χ1) is 5.19. The van der Waals surface area contributed by atoms with Crippen LogP contribution in [0.4, 0.5) is 0 Å². The number of carbonyl (C=O) groups excluding carboxylic acids is 1. The van der Waals surface area contributed by atoms with Crippen molar-refractivity contribution in [3.63, 3.8) is 0 Å². The van der Waals surface area contributed by atoms with Crippen LogP contribution in [0.2, 0.25) is 0 Å². The summed E-state index contributed by atoms with van der Waals surface area (Å²) >= 11 is 0. The molecule has 1 saturated heterocycles. The SMILES string of the molecule is CC1(C(=O)NN)CCOCC1. The van der Waals surface area contributed by atoms with Crippen LogP contribution < -0.4 is 11.3 Å². The fourth-order valence-corrected chi connectivity index (χ4v) is 1.22. The van der Waals surface area contributed by atoms with E-state index in [0.717, 1.165) is 12.8 Å². The summed E-state index contributed by atoms with van der Waals surface area (Å²) in [5, 5.41) is 0. The van der Waals surface area contributed by atoms with Crippen LogP contribution in [0, 0.1) is 5.41 Å². The number of hydrogen-bond acceptors (Lipinski definition) is 3. The molecule has 0 aromatic carbocycles. The Morgan fingerprint density at radius 1 is 1.55 bits per heavy atom. The Morgan fingerprint density at radius 3 is 2.55 bits per heavy atom. The van der Waals surface area contributed by atoms with Crippen molar-refractivity contribution in [1.29, 1.82) is 0 Å². The predicted octanol–water partition coefficient (Wildman–Crippen LogP) is -0.207. The molecule has 0 radical (unpaired) electrons. The summed E-state index contributed by atoms with van der Waals surface area (Å²) in [4.78, 5) is 11.2. The first kappa shape index (κ1) is 8.49. The van der Waals surface area contributed by atoms with Crippen LogP contribution in [-0.2, 0) is 9.53 Å². The Balaban J connectivity index is 2.56. The van der Waals surface area contributed by atoms with Gasteiger partial charge in [0.15, 0.2) is 0 Å². The van der Waals surface area contributed by atoms with Crippen LogP contribution in [0.15, 0.2) is 0 Å².